The first kappa shape index (κ1) is 21.3. The number of aromatic hydroxyl groups is 1. The normalized spacial score (nSPS) is 32.2. The second-order valence-corrected chi connectivity index (χ2v) is 9.05. The number of esters is 1. The number of benzene rings is 1. The van der Waals surface area contributed by atoms with Gasteiger partial charge in [-0.3, -0.25) is 4.79 Å². The maximum atomic E-state index is 12.6. The number of hydrogen-bond acceptors (Lipinski definition) is 5. The summed E-state index contributed by atoms with van der Waals surface area (Å²) in [6.07, 6.45) is 5.65. The molecule has 0 bridgehead atoms. The standard InChI is InChI=1S/C24H30O5/c1-15(2)24(28)12-11-23(4)14-19(26)16(3)13-20(22(23)24)29-21(27)10-7-17-5-8-18(25)9-6-17/h5-10,13,15,20,22,25,28H,11-12,14H2,1-4H3/b10-7+/t20-,22+,23+,24+/m0/s1. The van der Waals surface area contributed by atoms with Crippen molar-refractivity contribution in [2.45, 2.75) is 58.7 Å². The summed E-state index contributed by atoms with van der Waals surface area (Å²) in [6.45, 7) is 7.71. The van der Waals surface area contributed by atoms with Gasteiger partial charge in [-0.15, -0.1) is 0 Å². The second kappa shape index (κ2) is 7.79. The summed E-state index contributed by atoms with van der Waals surface area (Å²) in [5.41, 5.74) is -0.0865. The second-order valence-electron chi connectivity index (χ2n) is 9.05. The van der Waals surface area contributed by atoms with Gasteiger partial charge in [0.15, 0.2) is 5.78 Å². The van der Waals surface area contributed by atoms with Gasteiger partial charge in [0, 0.05) is 18.4 Å². The minimum atomic E-state index is -0.998. The Labute approximate surface area is 172 Å². The van der Waals surface area contributed by atoms with Crippen LogP contribution in [0.1, 0.15) is 52.5 Å². The van der Waals surface area contributed by atoms with Crippen LogP contribution in [0.25, 0.3) is 6.08 Å². The van der Waals surface area contributed by atoms with Gasteiger partial charge in [-0.25, -0.2) is 4.79 Å². The SMILES string of the molecule is CC1=C[C@H](OC(=O)/C=C/c2ccc(O)cc2)[C@@H]2[C@](C)(CC[C@@]2(O)C(C)C)CC1=O. The first-order chi connectivity index (χ1) is 13.5. The molecule has 3 rings (SSSR count). The molecule has 2 N–H and O–H groups in total. The van der Waals surface area contributed by atoms with Gasteiger partial charge >= 0.3 is 5.97 Å². The highest BCUT2D eigenvalue weighted by atomic mass is 16.5. The van der Waals surface area contributed by atoms with E-state index in [4.69, 9.17) is 4.74 Å². The number of carbonyl (C=O) groups is 2. The van der Waals surface area contributed by atoms with Crippen molar-refractivity contribution in [1.82, 2.24) is 0 Å². The number of phenolic OH excluding ortho intramolecular Hbond substituents is 1. The molecule has 4 atom stereocenters. The molecular formula is C24H30O5. The number of ether oxygens (including phenoxy) is 1. The Morgan fingerprint density at radius 3 is 2.52 bits per heavy atom. The summed E-state index contributed by atoms with van der Waals surface area (Å²) in [6, 6.07) is 6.47. The third-order valence-corrected chi connectivity index (χ3v) is 6.69. The number of Topliss-reactive ketones (excluding diaryl/α,β-unsaturated/α-hetero) is 1. The molecule has 5 nitrogen and oxygen atoms in total. The lowest BCUT2D eigenvalue weighted by Gasteiger charge is -2.42. The molecule has 0 saturated heterocycles. The molecule has 0 amide bonds. The highest BCUT2D eigenvalue weighted by molar-refractivity contribution is 5.96. The van der Waals surface area contributed by atoms with Gasteiger partial charge in [-0.2, -0.15) is 0 Å². The van der Waals surface area contributed by atoms with Gasteiger partial charge in [0.2, 0.25) is 0 Å². The Morgan fingerprint density at radius 2 is 1.90 bits per heavy atom. The van der Waals surface area contributed by atoms with Crippen LogP contribution >= 0.6 is 0 Å². The molecule has 0 radical (unpaired) electrons. The molecule has 0 aromatic heterocycles. The minimum absolute atomic E-state index is 0.0232. The number of hydrogen-bond donors (Lipinski definition) is 2. The van der Waals surface area contributed by atoms with Gasteiger partial charge in [-0.05, 0) is 66.5 Å². The molecule has 0 aliphatic heterocycles. The van der Waals surface area contributed by atoms with Crippen molar-refractivity contribution in [3.05, 3.63) is 47.6 Å². The summed E-state index contributed by atoms with van der Waals surface area (Å²) in [7, 11) is 0. The topological polar surface area (TPSA) is 83.8 Å². The Kier molecular flexibility index (Phi) is 5.72. The minimum Gasteiger partial charge on any atom is -0.508 e. The lowest BCUT2D eigenvalue weighted by Crippen LogP contribution is -2.49. The number of aliphatic hydroxyl groups is 1. The van der Waals surface area contributed by atoms with E-state index < -0.39 is 23.1 Å². The van der Waals surface area contributed by atoms with E-state index in [2.05, 4.69) is 0 Å². The summed E-state index contributed by atoms with van der Waals surface area (Å²) in [4.78, 5) is 25.2. The molecule has 0 unspecified atom stereocenters. The maximum absolute atomic E-state index is 12.6. The van der Waals surface area contributed by atoms with Crippen molar-refractivity contribution in [3.63, 3.8) is 0 Å². The fourth-order valence-electron chi connectivity index (χ4n) is 4.89. The molecule has 156 valence electrons. The first-order valence-electron chi connectivity index (χ1n) is 10.2. The van der Waals surface area contributed by atoms with Crippen molar-refractivity contribution in [2.75, 3.05) is 0 Å². The Hall–Kier alpha value is -2.40. The monoisotopic (exact) mass is 398 g/mol. The van der Waals surface area contributed by atoms with Crippen LogP contribution in [0.3, 0.4) is 0 Å². The van der Waals surface area contributed by atoms with E-state index in [1.54, 1.807) is 43.3 Å². The fraction of sp³-hybridized carbons (Fsp3) is 0.500. The molecule has 2 aliphatic rings. The van der Waals surface area contributed by atoms with Crippen LogP contribution in [-0.4, -0.2) is 33.7 Å². The van der Waals surface area contributed by atoms with Crippen LogP contribution in [0.2, 0.25) is 0 Å². The number of fused-ring (bicyclic) bond motifs is 1. The smallest absolute Gasteiger partial charge is 0.331 e. The van der Waals surface area contributed by atoms with Crippen molar-refractivity contribution in [2.24, 2.45) is 17.3 Å². The zero-order chi connectivity index (χ0) is 21.4. The van der Waals surface area contributed by atoms with Gasteiger partial charge in [-0.1, -0.05) is 32.9 Å². The van der Waals surface area contributed by atoms with Crippen LogP contribution in [0.5, 0.6) is 5.75 Å². The molecule has 1 fully saturated rings. The number of ketones is 1. The van der Waals surface area contributed by atoms with Gasteiger partial charge in [0.25, 0.3) is 0 Å². The highest BCUT2D eigenvalue weighted by Gasteiger charge is 2.60. The van der Waals surface area contributed by atoms with Crippen molar-refractivity contribution >= 4 is 17.8 Å². The lowest BCUT2D eigenvalue weighted by molar-refractivity contribution is -0.155. The molecule has 1 saturated carbocycles. The van der Waals surface area contributed by atoms with E-state index in [1.165, 1.54) is 6.08 Å². The lowest BCUT2D eigenvalue weighted by atomic mass is 9.68. The number of carbonyl (C=O) groups excluding carboxylic acids is 2. The van der Waals surface area contributed by atoms with Crippen LogP contribution < -0.4 is 0 Å². The van der Waals surface area contributed by atoms with E-state index >= 15 is 0 Å². The third-order valence-electron chi connectivity index (χ3n) is 6.69. The zero-order valence-electron chi connectivity index (χ0n) is 17.5. The summed E-state index contributed by atoms with van der Waals surface area (Å²) < 4.78 is 5.80. The van der Waals surface area contributed by atoms with Crippen LogP contribution in [0.15, 0.2) is 42.0 Å². The Balaban J connectivity index is 1.88. The fourth-order valence-corrected chi connectivity index (χ4v) is 4.89. The van der Waals surface area contributed by atoms with Gasteiger partial charge in [0.1, 0.15) is 11.9 Å². The largest absolute Gasteiger partial charge is 0.508 e. The van der Waals surface area contributed by atoms with Crippen LogP contribution in [0, 0.1) is 17.3 Å². The van der Waals surface area contributed by atoms with E-state index in [0.29, 0.717) is 18.4 Å². The number of rotatable bonds is 4. The van der Waals surface area contributed by atoms with E-state index in [9.17, 15) is 19.8 Å². The Morgan fingerprint density at radius 1 is 1.24 bits per heavy atom. The molecule has 1 aromatic carbocycles. The third kappa shape index (κ3) is 4.15. The van der Waals surface area contributed by atoms with E-state index in [1.807, 2.05) is 20.8 Å². The van der Waals surface area contributed by atoms with Crippen molar-refractivity contribution in [1.29, 1.82) is 0 Å². The van der Waals surface area contributed by atoms with Gasteiger partial charge in [0.05, 0.1) is 5.60 Å². The first-order valence-corrected chi connectivity index (χ1v) is 10.2. The molecule has 29 heavy (non-hydrogen) atoms. The molecule has 0 spiro atoms. The predicted molar refractivity (Wildman–Crippen MR) is 111 cm³/mol. The molecule has 5 heteroatoms. The average molecular weight is 398 g/mol. The van der Waals surface area contributed by atoms with Crippen molar-refractivity contribution in [3.8, 4) is 5.75 Å². The summed E-state index contributed by atoms with van der Waals surface area (Å²) >= 11 is 0. The zero-order valence-corrected chi connectivity index (χ0v) is 17.5. The van der Waals surface area contributed by atoms with Gasteiger partial charge < -0.3 is 14.9 Å². The van der Waals surface area contributed by atoms with Crippen LogP contribution in [0.4, 0.5) is 0 Å². The molecular weight excluding hydrogens is 368 g/mol. The molecule has 2 aliphatic carbocycles. The van der Waals surface area contributed by atoms with E-state index in [-0.39, 0.29) is 23.4 Å². The van der Waals surface area contributed by atoms with Crippen molar-refractivity contribution < 1.29 is 24.5 Å². The summed E-state index contributed by atoms with van der Waals surface area (Å²) in [5, 5.41) is 20.8. The Bertz CT molecular complexity index is 851. The van der Waals surface area contributed by atoms with E-state index in [0.717, 1.165) is 12.0 Å². The highest BCUT2D eigenvalue weighted by Crippen LogP contribution is 2.57. The average Bonchev–Trinajstić information content (AvgIpc) is 2.87. The quantitative estimate of drug-likeness (QED) is 0.591. The number of phenols is 1. The maximum Gasteiger partial charge on any atom is 0.331 e. The van der Waals surface area contributed by atoms with Crippen LogP contribution in [-0.2, 0) is 14.3 Å². The predicted octanol–water partition coefficient (Wildman–Crippen LogP) is 4.04. The summed E-state index contributed by atoms with van der Waals surface area (Å²) in [5.74, 6) is -0.695. The number of allylic oxidation sites excluding steroid dienone is 1. The molecule has 0 heterocycles. The molecule has 1 aromatic rings.